The molecule has 0 unspecified atom stereocenters. The topological polar surface area (TPSA) is 54.0 Å². The van der Waals surface area contributed by atoms with E-state index in [1.807, 2.05) is 12.1 Å². The van der Waals surface area contributed by atoms with Crippen molar-refractivity contribution in [2.75, 3.05) is 17.2 Å². The molecule has 0 bridgehead atoms. The Bertz CT molecular complexity index is 844. The molecule has 0 fully saturated rings. The molecule has 3 rings (SSSR count). The smallest absolute Gasteiger partial charge is 0.384 e. The number of nitrogens with one attached hydrogen (secondary N) is 2. The molecule has 0 atom stereocenters. The third-order valence-electron chi connectivity index (χ3n) is 3.91. The summed E-state index contributed by atoms with van der Waals surface area (Å²) in [6.45, 7) is 2.35. The van der Waals surface area contributed by atoms with Gasteiger partial charge in [-0.3, -0.25) is 4.79 Å². The predicted molar refractivity (Wildman–Crippen MR) is 90.3 cm³/mol. The number of amides is 1. The number of halogens is 3. The Morgan fingerprint density at radius 2 is 2.08 bits per heavy atom. The van der Waals surface area contributed by atoms with Crippen molar-refractivity contribution in [2.45, 2.75) is 19.5 Å². The lowest BCUT2D eigenvalue weighted by Gasteiger charge is -2.08. The molecule has 1 aromatic heterocycles. The molecular formula is C18H16F3N3O. The average molecular weight is 347 g/mol. The van der Waals surface area contributed by atoms with Crippen LogP contribution in [0.3, 0.4) is 0 Å². The van der Waals surface area contributed by atoms with Crippen molar-refractivity contribution in [3.05, 3.63) is 58.9 Å². The highest BCUT2D eigenvalue weighted by Crippen LogP contribution is 2.28. The van der Waals surface area contributed by atoms with E-state index in [1.54, 1.807) is 6.07 Å². The van der Waals surface area contributed by atoms with Crippen LogP contribution < -0.4 is 10.6 Å². The first kappa shape index (κ1) is 17.0. The van der Waals surface area contributed by atoms with Crippen LogP contribution in [0.1, 0.15) is 22.5 Å². The van der Waals surface area contributed by atoms with E-state index in [1.165, 1.54) is 25.1 Å². The number of fused-ring (bicyclic) bond motifs is 1. The number of carbonyl (C=O) groups is 1. The fourth-order valence-corrected chi connectivity index (χ4v) is 2.64. The molecule has 130 valence electrons. The predicted octanol–water partition coefficient (Wildman–Crippen LogP) is 4.03. The molecule has 25 heavy (non-hydrogen) atoms. The van der Waals surface area contributed by atoms with E-state index in [9.17, 15) is 18.0 Å². The molecule has 0 saturated carbocycles. The molecule has 2 N–H and O–H groups in total. The first-order chi connectivity index (χ1) is 11.8. The van der Waals surface area contributed by atoms with E-state index < -0.39 is 11.9 Å². The molecule has 1 aliphatic rings. The number of alkyl halides is 3. The number of aryl methyl sites for hydroxylation is 1. The number of hydrogen-bond donors (Lipinski definition) is 2. The van der Waals surface area contributed by atoms with Gasteiger partial charge in [0.2, 0.25) is 5.91 Å². The lowest BCUT2D eigenvalue weighted by atomic mass is 10.1. The number of anilines is 2. The zero-order valence-corrected chi connectivity index (χ0v) is 13.4. The first-order valence-electron chi connectivity index (χ1n) is 7.73. The van der Waals surface area contributed by atoms with Gasteiger partial charge in [0.1, 0.15) is 5.69 Å². The van der Waals surface area contributed by atoms with Crippen molar-refractivity contribution in [3.63, 3.8) is 0 Å². The molecule has 0 radical (unpaired) electrons. The van der Waals surface area contributed by atoms with E-state index >= 15 is 0 Å². The molecule has 1 amide bonds. The van der Waals surface area contributed by atoms with Crippen LogP contribution in [0.25, 0.3) is 6.08 Å². The summed E-state index contributed by atoms with van der Waals surface area (Å²) in [5.74, 6) is -0.356. The number of nitrogens with zero attached hydrogens (tertiary/aromatic N) is 1. The van der Waals surface area contributed by atoms with Crippen LogP contribution in [0.2, 0.25) is 0 Å². The van der Waals surface area contributed by atoms with Gasteiger partial charge in [0, 0.05) is 29.7 Å². The van der Waals surface area contributed by atoms with Crippen molar-refractivity contribution in [2.24, 2.45) is 0 Å². The maximum absolute atomic E-state index is 12.6. The molecule has 2 heterocycles. The van der Waals surface area contributed by atoms with Crippen LogP contribution in [-0.4, -0.2) is 17.4 Å². The first-order valence-corrected chi connectivity index (χ1v) is 7.73. The maximum atomic E-state index is 12.6. The van der Waals surface area contributed by atoms with Gasteiger partial charge in [-0.05, 0) is 54.8 Å². The van der Waals surface area contributed by atoms with Crippen LogP contribution in [0.4, 0.5) is 24.5 Å². The highest BCUT2D eigenvalue weighted by molar-refractivity contribution is 6.02. The van der Waals surface area contributed by atoms with E-state index in [0.717, 1.165) is 30.3 Å². The Morgan fingerprint density at radius 3 is 2.80 bits per heavy atom. The molecule has 1 aliphatic heterocycles. The van der Waals surface area contributed by atoms with Crippen LogP contribution in [0, 0.1) is 6.92 Å². The number of benzene rings is 1. The third kappa shape index (κ3) is 3.99. The quantitative estimate of drug-likeness (QED) is 0.825. The number of aromatic nitrogens is 1. The Morgan fingerprint density at radius 1 is 1.28 bits per heavy atom. The minimum Gasteiger partial charge on any atom is -0.384 e. The Balaban J connectivity index is 1.68. The molecular weight excluding hydrogens is 331 g/mol. The lowest BCUT2D eigenvalue weighted by Crippen LogP contribution is -2.09. The number of carbonyl (C=O) groups excluding carboxylic acids is 1. The molecule has 4 nitrogen and oxygen atoms in total. The van der Waals surface area contributed by atoms with Crippen molar-refractivity contribution < 1.29 is 18.0 Å². The highest BCUT2D eigenvalue weighted by Gasteiger charge is 2.32. The Hall–Kier alpha value is -2.83. The van der Waals surface area contributed by atoms with Gasteiger partial charge in [0.05, 0.1) is 0 Å². The van der Waals surface area contributed by atoms with Crippen molar-refractivity contribution >= 4 is 23.4 Å². The van der Waals surface area contributed by atoms with Crippen LogP contribution in [-0.2, 0) is 17.4 Å². The van der Waals surface area contributed by atoms with Crippen LogP contribution >= 0.6 is 0 Å². The van der Waals surface area contributed by atoms with Gasteiger partial charge >= 0.3 is 6.18 Å². The average Bonchev–Trinajstić information content (AvgIpc) is 3.00. The monoisotopic (exact) mass is 347 g/mol. The summed E-state index contributed by atoms with van der Waals surface area (Å²) in [7, 11) is 0. The minimum atomic E-state index is -4.48. The largest absolute Gasteiger partial charge is 0.433 e. The summed E-state index contributed by atoms with van der Waals surface area (Å²) in [5, 5.41) is 5.98. The second kappa shape index (κ2) is 6.58. The summed E-state index contributed by atoms with van der Waals surface area (Å²) in [6.07, 6.45) is -0.840. The molecule has 0 spiro atoms. The van der Waals surface area contributed by atoms with Gasteiger partial charge in [-0.1, -0.05) is 6.07 Å². The summed E-state index contributed by atoms with van der Waals surface area (Å²) >= 11 is 0. The normalized spacial score (nSPS) is 13.6. The van der Waals surface area contributed by atoms with Crippen LogP contribution in [0.15, 0.2) is 36.4 Å². The maximum Gasteiger partial charge on any atom is 0.433 e. The third-order valence-corrected chi connectivity index (χ3v) is 3.91. The summed E-state index contributed by atoms with van der Waals surface area (Å²) < 4.78 is 37.8. The highest BCUT2D eigenvalue weighted by atomic mass is 19.4. The number of hydrogen-bond acceptors (Lipinski definition) is 3. The fourth-order valence-electron chi connectivity index (χ4n) is 2.64. The Kier molecular flexibility index (Phi) is 4.48. The summed E-state index contributed by atoms with van der Waals surface area (Å²) in [5.41, 5.74) is 2.62. The van der Waals surface area contributed by atoms with E-state index in [0.29, 0.717) is 11.3 Å². The second-order valence-electron chi connectivity index (χ2n) is 5.74. The van der Waals surface area contributed by atoms with Gasteiger partial charge < -0.3 is 10.6 Å². The summed E-state index contributed by atoms with van der Waals surface area (Å²) in [4.78, 5) is 15.5. The van der Waals surface area contributed by atoms with Gasteiger partial charge in [-0.25, -0.2) is 4.98 Å². The van der Waals surface area contributed by atoms with E-state index in [2.05, 4.69) is 15.6 Å². The van der Waals surface area contributed by atoms with E-state index in [4.69, 9.17) is 0 Å². The van der Waals surface area contributed by atoms with Crippen molar-refractivity contribution in [1.82, 2.24) is 4.98 Å². The van der Waals surface area contributed by atoms with Gasteiger partial charge in [-0.15, -0.1) is 0 Å². The van der Waals surface area contributed by atoms with Gasteiger partial charge in [0.15, 0.2) is 0 Å². The standard InChI is InChI=1S/C18H16F3N3O/c1-11-12(2-6-16(23-11)18(19,20)21)3-7-17(25)24-14-4-5-15-13(10-14)8-9-22-15/h2-7,10,22H,8-9H2,1H3,(H,24,25)/b7-3+. The molecule has 2 aromatic rings. The van der Waals surface area contributed by atoms with Crippen LogP contribution in [0.5, 0.6) is 0 Å². The van der Waals surface area contributed by atoms with Crippen molar-refractivity contribution in [1.29, 1.82) is 0 Å². The number of pyridine rings is 1. The second-order valence-corrected chi connectivity index (χ2v) is 5.74. The SMILES string of the molecule is Cc1nc(C(F)(F)F)ccc1/C=C/C(=O)Nc1ccc2c(c1)CCN2. The summed E-state index contributed by atoms with van der Waals surface area (Å²) in [6, 6.07) is 7.82. The molecule has 1 aromatic carbocycles. The minimum absolute atomic E-state index is 0.211. The lowest BCUT2D eigenvalue weighted by molar-refractivity contribution is -0.141. The number of rotatable bonds is 3. The zero-order chi connectivity index (χ0) is 18.0. The van der Waals surface area contributed by atoms with E-state index in [-0.39, 0.29) is 11.6 Å². The fraction of sp³-hybridized carbons (Fsp3) is 0.222. The molecule has 0 aliphatic carbocycles. The molecule has 7 heteroatoms. The van der Waals surface area contributed by atoms with Crippen molar-refractivity contribution in [3.8, 4) is 0 Å². The van der Waals surface area contributed by atoms with Gasteiger partial charge in [0.25, 0.3) is 0 Å². The molecule has 0 saturated heterocycles. The zero-order valence-electron chi connectivity index (χ0n) is 13.4. The Labute approximate surface area is 142 Å². The van der Waals surface area contributed by atoms with Gasteiger partial charge in [-0.2, -0.15) is 13.2 Å².